The zero-order chi connectivity index (χ0) is 33.6. The van der Waals surface area contributed by atoms with Gasteiger partial charge in [0.25, 0.3) is 0 Å². The van der Waals surface area contributed by atoms with Crippen LogP contribution in [0.4, 0.5) is 39.5 Å². The third kappa shape index (κ3) is 6.01. The number of ether oxygens (including phenoxy) is 1. The van der Waals surface area contributed by atoms with E-state index in [0.717, 1.165) is 29.0 Å². The van der Waals surface area contributed by atoms with E-state index >= 15 is 8.78 Å². The van der Waals surface area contributed by atoms with Gasteiger partial charge in [0.2, 0.25) is 11.3 Å². The number of hydrogen-bond acceptors (Lipinski definition) is 8. The molecule has 0 aliphatic carbocycles. The van der Waals surface area contributed by atoms with Crippen molar-refractivity contribution in [1.82, 2.24) is 14.9 Å². The average molecular weight is 655 g/mol. The minimum absolute atomic E-state index is 0.125. The number of rotatable bonds is 7. The second-order valence-electron chi connectivity index (χ2n) is 11.0. The highest BCUT2D eigenvalue weighted by Gasteiger charge is 2.33. The lowest BCUT2D eigenvalue weighted by atomic mass is 10.1. The SMILES string of the molecule is CC(=O)NC[C@H]1CN(c2ccc(N3CCN(c4nc5c(cc4F)c(=O)c(C(=O)O)cn5-c4ccc(F)cc4F)CC3)c(F)c2)C(=O)O1. The van der Waals surface area contributed by atoms with E-state index < -0.39 is 57.8 Å². The molecule has 16 heteroatoms. The smallest absolute Gasteiger partial charge is 0.414 e. The standard InChI is InChI=1S/C31H26F4N6O6/c1-16(42)36-13-19-14-40(31(46)47-19)18-3-5-25(23(34)11-18)38-6-8-39(9-7-38)29-24(35)12-20-27(43)21(30(44)45)15-41(28(20)37-29)26-4-2-17(32)10-22(26)33/h2-5,10-12,15,19H,6-9,13-14H2,1H3,(H,36,42)(H,44,45)/t19-/m0/s1. The first-order valence-corrected chi connectivity index (χ1v) is 14.4. The Morgan fingerprint density at radius 2 is 1.62 bits per heavy atom. The van der Waals surface area contributed by atoms with Gasteiger partial charge in [0.05, 0.1) is 35.5 Å². The number of fused-ring (bicyclic) bond motifs is 1. The molecule has 2 N–H and O–H groups in total. The second kappa shape index (κ2) is 12.3. The molecule has 4 heterocycles. The highest BCUT2D eigenvalue weighted by atomic mass is 19.1. The number of amides is 2. The van der Waals surface area contributed by atoms with Gasteiger partial charge in [-0.05, 0) is 36.4 Å². The number of anilines is 3. The third-order valence-electron chi connectivity index (χ3n) is 7.93. The summed E-state index contributed by atoms with van der Waals surface area (Å²) in [6.45, 7) is 2.34. The molecule has 2 aromatic carbocycles. The molecule has 47 heavy (non-hydrogen) atoms. The summed E-state index contributed by atoms with van der Waals surface area (Å²) in [6.07, 6.45) is -0.402. The van der Waals surface area contributed by atoms with Crippen LogP contribution in [0.3, 0.4) is 0 Å². The van der Waals surface area contributed by atoms with Crippen LogP contribution >= 0.6 is 0 Å². The van der Waals surface area contributed by atoms with Crippen molar-refractivity contribution in [1.29, 1.82) is 0 Å². The summed E-state index contributed by atoms with van der Waals surface area (Å²) in [4.78, 5) is 57.0. The number of nitrogens with zero attached hydrogens (tertiary/aromatic N) is 5. The summed E-state index contributed by atoms with van der Waals surface area (Å²) >= 11 is 0. The molecular weight excluding hydrogens is 628 g/mol. The van der Waals surface area contributed by atoms with Crippen LogP contribution in [0.1, 0.15) is 17.3 Å². The van der Waals surface area contributed by atoms with Gasteiger partial charge >= 0.3 is 12.1 Å². The van der Waals surface area contributed by atoms with Crippen LogP contribution in [0.5, 0.6) is 0 Å². The summed E-state index contributed by atoms with van der Waals surface area (Å²) in [5, 5.41) is 11.7. The van der Waals surface area contributed by atoms with Gasteiger partial charge in [-0.25, -0.2) is 32.1 Å². The lowest BCUT2D eigenvalue weighted by Crippen LogP contribution is -2.47. The lowest BCUT2D eigenvalue weighted by molar-refractivity contribution is -0.119. The molecule has 0 spiro atoms. The van der Waals surface area contributed by atoms with Crippen molar-refractivity contribution in [3.05, 3.63) is 87.7 Å². The number of aromatic nitrogens is 2. The number of carbonyl (C=O) groups is 3. The number of pyridine rings is 2. The quantitative estimate of drug-likeness (QED) is 0.287. The fraction of sp³-hybridized carbons (Fsp3) is 0.258. The zero-order valence-electron chi connectivity index (χ0n) is 24.7. The number of nitrogens with one attached hydrogen (secondary N) is 1. The number of cyclic esters (lactones) is 1. The fourth-order valence-corrected chi connectivity index (χ4v) is 5.62. The molecule has 244 valence electrons. The van der Waals surface area contributed by atoms with E-state index in [9.17, 15) is 33.1 Å². The molecule has 6 rings (SSSR count). The van der Waals surface area contributed by atoms with E-state index in [2.05, 4.69) is 10.3 Å². The van der Waals surface area contributed by atoms with E-state index in [1.54, 1.807) is 15.9 Å². The second-order valence-corrected chi connectivity index (χ2v) is 11.0. The Balaban J connectivity index is 1.24. The van der Waals surface area contributed by atoms with Gasteiger partial charge in [0.1, 0.15) is 29.1 Å². The van der Waals surface area contributed by atoms with E-state index in [1.165, 1.54) is 24.0 Å². The molecule has 2 saturated heterocycles. The van der Waals surface area contributed by atoms with Crippen molar-refractivity contribution in [3.63, 3.8) is 0 Å². The number of carbonyl (C=O) groups excluding carboxylic acids is 2. The number of hydrogen-bond donors (Lipinski definition) is 2. The normalized spacial score (nSPS) is 16.5. The van der Waals surface area contributed by atoms with Crippen LogP contribution in [-0.2, 0) is 9.53 Å². The van der Waals surface area contributed by atoms with Crippen molar-refractivity contribution < 1.29 is 41.8 Å². The molecule has 0 bridgehead atoms. The van der Waals surface area contributed by atoms with E-state index in [1.807, 2.05) is 0 Å². The molecule has 2 fully saturated rings. The molecule has 0 unspecified atom stereocenters. The number of carboxylic acid groups (broad SMARTS) is 1. The number of benzene rings is 2. The average Bonchev–Trinajstić information content (AvgIpc) is 3.41. The Kier molecular flexibility index (Phi) is 8.17. The minimum Gasteiger partial charge on any atom is -0.477 e. The monoisotopic (exact) mass is 654 g/mol. The van der Waals surface area contributed by atoms with Crippen molar-refractivity contribution in [2.45, 2.75) is 13.0 Å². The summed E-state index contributed by atoms with van der Waals surface area (Å²) < 4.78 is 65.4. The topological polar surface area (TPSA) is 137 Å². The summed E-state index contributed by atoms with van der Waals surface area (Å²) in [7, 11) is 0. The molecule has 4 aromatic rings. The summed E-state index contributed by atoms with van der Waals surface area (Å²) in [6, 6.07) is 7.68. The first kappa shape index (κ1) is 31.3. The largest absolute Gasteiger partial charge is 0.477 e. The Hall–Kier alpha value is -5.67. The number of aromatic carboxylic acids is 1. The summed E-state index contributed by atoms with van der Waals surface area (Å²) in [5.74, 6) is -5.58. The van der Waals surface area contributed by atoms with Gasteiger partial charge in [-0.15, -0.1) is 0 Å². The van der Waals surface area contributed by atoms with Gasteiger partial charge in [0.15, 0.2) is 17.3 Å². The first-order chi connectivity index (χ1) is 22.4. The maximum atomic E-state index is 15.4. The van der Waals surface area contributed by atoms with E-state index in [-0.39, 0.29) is 73.7 Å². The Morgan fingerprint density at radius 3 is 2.28 bits per heavy atom. The van der Waals surface area contributed by atoms with Crippen LogP contribution in [0.2, 0.25) is 0 Å². The van der Waals surface area contributed by atoms with Crippen LogP contribution < -0.4 is 25.4 Å². The molecular formula is C31H26F4N6O6. The van der Waals surface area contributed by atoms with Gasteiger partial charge in [-0.2, -0.15) is 0 Å². The predicted octanol–water partition coefficient (Wildman–Crippen LogP) is 3.43. The fourth-order valence-electron chi connectivity index (χ4n) is 5.62. The highest BCUT2D eigenvalue weighted by molar-refractivity contribution is 5.93. The van der Waals surface area contributed by atoms with E-state index in [0.29, 0.717) is 6.07 Å². The van der Waals surface area contributed by atoms with Crippen molar-refractivity contribution >= 4 is 46.2 Å². The van der Waals surface area contributed by atoms with Crippen molar-refractivity contribution in [3.8, 4) is 5.69 Å². The van der Waals surface area contributed by atoms with Gasteiger partial charge < -0.3 is 25.0 Å². The van der Waals surface area contributed by atoms with Crippen LogP contribution in [0.15, 0.2) is 53.5 Å². The predicted molar refractivity (Wildman–Crippen MR) is 161 cm³/mol. The van der Waals surface area contributed by atoms with Crippen LogP contribution in [0, 0.1) is 23.3 Å². The van der Waals surface area contributed by atoms with Crippen LogP contribution in [-0.4, -0.2) is 78.0 Å². The van der Waals surface area contributed by atoms with Crippen molar-refractivity contribution in [2.75, 3.05) is 54.0 Å². The van der Waals surface area contributed by atoms with Crippen LogP contribution in [0.25, 0.3) is 16.7 Å². The van der Waals surface area contributed by atoms with E-state index in [4.69, 9.17) is 4.74 Å². The Bertz CT molecular complexity index is 2000. The number of halogens is 4. The molecule has 2 aliphatic heterocycles. The molecule has 2 amide bonds. The van der Waals surface area contributed by atoms with Gasteiger partial charge in [-0.1, -0.05) is 0 Å². The number of carboxylic acids is 1. The Labute approximate surface area is 263 Å². The molecule has 0 radical (unpaired) electrons. The van der Waals surface area contributed by atoms with Gasteiger partial charge in [-0.3, -0.25) is 19.1 Å². The lowest BCUT2D eigenvalue weighted by Gasteiger charge is -2.37. The maximum Gasteiger partial charge on any atom is 0.414 e. The minimum atomic E-state index is -1.62. The zero-order valence-corrected chi connectivity index (χ0v) is 24.7. The summed E-state index contributed by atoms with van der Waals surface area (Å²) in [5.41, 5.74) is -1.83. The molecule has 1 atom stereocenters. The Morgan fingerprint density at radius 1 is 0.936 bits per heavy atom. The number of piperazine rings is 1. The molecule has 2 aromatic heterocycles. The highest BCUT2D eigenvalue weighted by Crippen LogP contribution is 2.30. The first-order valence-electron chi connectivity index (χ1n) is 14.4. The molecule has 2 aliphatic rings. The molecule has 0 saturated carbocycles. The molecule has 12 nitrogen and oxygen atoms in total. The third-order valence-corrected chi connectivity index (χ3v) is 7.93. The van der Waals surface area contributed by atoms with Crippen molar-refractivity contribution in [2.24, 2.45) is 0 Å². The maximum absolute atomic E-state index is 15.4. The van der Waals surface area contributed by atoms with Gasteiger partial charge in [0, 0.05) is 45.4 Å².